The average molecular weight is 391 g/mol. The zero-order valence-corrected chi connectivity index (χ0v) is 16.7. The van der Waals surface area contributed by atoms with E-state index in [2.05, 4.69) is 14.9 Å². The maximum Gasteiger partial charge on any atom is 0.255 e. The lowest BCUT2D eigenvalue weighted by molar-refractivity contribution is 0.0723. The summed E-state index contributed by atoms with van der Waals surface area (Å²) in [4.78, 5) is 40.0. The van der Waals surface area contributed by atoms with E-state index in [9.17, 15) is 9.59 Å². The highest BCUT2D eigenvalue weighted by Gasteiger charge is 2.28. The lowest BCUT2D eigenvalue weighted by Crippen LogP contribution is -2.36. The number of aromatic nitrogens is 2. The number of rotatable bonds is 2. The summed E-state index contributed by atoms with van der Waals surface area (Å²) in [5, 5.41) is 0. The van der Waals surface area contributed by atoms with Crippen molar-refractivity contribution in [1.29, 1.82) is 0 Å². The Morgan fingerprint density at radius 1 is 0.966 bits per heavy atom. The number of pyridine rings is 2. The van der Waals surface area contributed by atoms with Crippen molar-refractivity contribution < 1.29 is 9.59 Å². The Balaban J connectivity index is 1.44. The number of hydrogen-bond acceptors (Lipinski definition) is 5. The Morgan fingerprint density at radius 3 is 2.62 bits per heavy atom. The van der Waals surface area contributed by atoms with Gasteiger partial charge in [-0.1, -0.05) is 0 Å². The monoisotopic (exact) mass is 391 g/mol. The third-order valence-electron chi connectivity index (χ3n) is 6.15. The highest BCUT2D eigenvalue weighted by molar-refractivity contribution is 5.98. The third kappa shape index (κ3) is 3.14. The fourth-order valence-corrected chi connectivity index (χ4v) is 4.57. The predicted octanol–water partition coefficient (Wildman–Crippen LogP) is 2.77. The predicted molar refractivity (Wildman–Crippen MR) is 109 cm³/mol. The molecule has 2 amide bonds. The summed E-state index contributed by atoms with van der Waals surface area (Å²) < 4.78 is 0. The van der Waals surface area contributed by atoms with E-state index in [0.29, 0.717) is 17.7 Å². The van der Waals surface area contributed by atoms with Crippen LogP contribution in [-0.4, -0.2) is 58.3 Å². The summed E-state index contributed by atoms with van der Waals surface area (Å²) in [5.74, 6) is 1.80. The molecular formula is C22H25N5O2. The van der Waals surface area contributed by atoms with E-state index in [0.717, 1.165) is 68.1 Å². The number of likely N-dealkylation sites (tertiary alicyclic amines) is 1. The smallest absolute Gasteiger partial charge is 0.255 e. The van der Waals surface area contributed by atoms with Crippen molar-refractivity contribution in [1.82, 2.24) is 19.8 Å². The van der Waals surface area contributed by atoms with Gasteiger partial charge in [0.1, 0.15) is 11.6 Å². The van der Waals surface area contributed by atoms with Gasteiger partial charge in [0.25, 0.3) is 11.8 Å². The molecule has 3 aliphatic rings. The molecule has 7 nitrogen and oxygen atoms in total. The zero-order chi connectivity index (χ0) is 20.0. The second-order valence-corrected chi connectivity index (χ2v) is 8.18. The summed E-state index contributed by atoms with van der Waals surface area (Å²) in [5.41, 5.74) is 3.46. The van der Waals surface area contributed by atoms with Crippen molar-refractivity contribution in [2.45, 2.75) is 38.6 Å². The first-order valence-electron chi connectivity index (χ1n) is 10.4. The number of aryl methyl sites for hydroxylation is 1. The lowest BCUT2D eigenvalue weighted by Gasteiger charge is -2.30. The Labute approximate surface area is 170 Å². The molecule has 3 aliphatic heterocycles. The van der Waals surface area contributed by atoms with Crippen LogP contribution >= 0.6 is 0 Å². The number of nitrogens with zero attached hydrogens (tertiary/aromatic N) is 5. The van der Waals surface area contributed by atoms with Gasteiger partial charge in [-0.2, -0.15) is 0 Å². The summed E-state index contributed by atoms with van der Waals surface area (Å²) >= 11 is 0. The SMILES string of the molecule is CN1Cc2cc(N3CCCc4cc(C(=O)N5CCCCC5)cnc43)ncc2C1=O. The quantitative estimate of drug-likeness (QED) is 0.787. The first-order chi connectivity index (χ1) is 14.1. The Bertz CT molecular complexity index is 983. The van der Waals surface area contributed by atoms with Gasteiger partial charge in [0.2, 0.25) is 0 Å². The van der Waals surface area contributed by atoms with Gasteiger partial charge in [-0.15, -0.1) is 0 Å². The minimum absolute atomic E-state index is 0.0251. The molecule has 7 heteroatoms. The molecule has 150 valence electrons. The molecule has 0 radical (unpaired) electrons. The van der Waals surface area contributed by atoms with Crippen LogP contribution in [-0.2, 0) is 13.0 Å². The summed E-state index contributed by atoms with van der Waals surface area (Å²) in [6, 6.07) is 4.01. The first-order valence-corrected chi connectivity index (χ1v) is 10.4. The summed E-state index contributed by atoms with van der Waals surface area (Å²) in [7, 11) is 1.81. The van der Waals surface area contributed by atoms with Crippen molar-refractivity contribution in [3.63, 3.8) is 0 Å². The number of carbonyl (C=O) groups excluding carboxylic acids is 2. The van der Waals surface area contributed by atoms with Gasteiger partial charge in [-0.05, 0) is 55.4 Å². The normalized spacial score (nSPS) is 18.7. The minimum atomic E-state index is 0.0251. The van der Waals surface area contributed by atoms with E-state index in [4.69, 9.17) is 0 Å². The largest absolute Gasteiger partial charge is 0.339 e. The molecule has 29 heavy (non-hydrogen) atoms. The van der Waals surface area contributed by atoms with Gasteiger partial charge < -0.3 is 14.7 Å². The van der Waals surface area contributed by atoms with E-state index in [1.54, 1.807) is 24.3 Å². The van der Waals surface area contributed by atoms with Crippen molar-refractivity contribution >= 4 is 23.5 Å². The van der Waals surface area contributed by atoms with Crippen molar-refractivity contribution in [3.05, 3.63) is 46.8 Å². The second-order valence-electron chi connectivity index (χ2n) is 8.18. The molecule has 0 unspecified atom stereocenters. The lowest BCUT2D eigenvalue weighted by atomic mass is 10.0. The molecule has 1 fully saturated rings. The van der Waals surface area contributed by atoms with Crippen LogP contribution in [0.15, 0.2) is 24.5 Å². The number of anilines is 2. The van der Waals surface area contributed by atoms with E-state index < -0.39 is 0 Å². The maximum atomic E-state index is 12.8. The van der Waals surface area contributed by atoms with Crippen LogP contribution in [0, 0.1) is 0 Å². The highest BCUT2D eigenvalue weighted by atomic mass is 16.2. The van der Waals surface area contributed by atoms with Crippen LogP contribution in [0.3, 0.4) is 0 Å². The van der Waals surface area contributed by atoms with Gasteiger partial charge in [-0.3, -0.25) is 9.59 Å². The van der Waals surface area contributed by atoms with E-state index in [-0.39, 0.29) is 11.8 Å². The molecule has 0 N–H and O–H groups in total. The van der Waals surface area contributed by atoms with Gasteiger partial charge >= 0.3 is 0 Å². The van der Waals surface area contributed by atoms with Crippen LogP contribution in [0.2, 0.25) is 0 Å². The summed E-state index contributed by atoms with van der Waals surface area (Å²) in [6.07, 6.45) is 8.65. The molecule has 0 bridgehead atoms. The average Bonchev–Trinajstić information content (AvgIpc) is 3.06. The van der Waals surface area contributed by atoms with Gasteiger partial charge in [-0.25, -0.2) is 9.97 Å². The van der Waals surface area contributed by atoms with Crippen molar-refractivity contribution in [2.75, 3.05) is 31.6 Å². The van der Waals surface area contributed by atoms with Crippen LogP contribution in [0.1, 0.15) is 57.5 Å². The molecule has 5 rings (SSSR count). The topological polar surface area (TPSA) is 69.6 Å². The Morgan fingerprint density at radius 2 is 1.79 bits per heavy atom. The van der Waals surface area contributed by atoms with E-state index in [1.165, 1.54) is 6.42 Å². The standard InChI is InChI=1S/C22H25N5O2/c1-25-14-17-11-19(23-13-18(17)22(25)29)27-9-5-6-15-10-16(12-24-20(15)27)21(28)26-7-3-2-4-8-26/h10-13H,2-9,14H2,1H3. The van der Waals surface area contributed by atoms with Crippen molar-refractivity contribution in [3.8, 4) is 0 Å². The minimum Gasteiger partial charge on any atom is -0.339 e. The van der Waals surface area contributed by atoms with E-state index in [1.807, 2.05) is 17.0 Å². The molecule has 0 atom stereocenters. The number of fused-ring (bicyclic) bond motifs is 2. The molecule has 0 spiro atoms. The molecule has 2 aromatic heterocycles. The first kappa shape index (κ1) is 18.1. The zero-order valence-electron chi connectivity index (χ0n) is 16.7. The number of piperidine rings is 1. The van der Waals surface area contributed by atoms with Crippen molar-refractivity contribution in [2.24, 2.45) is 0 Å². The Kier molecular flexibility index (Phi) is 4.45. The highest BCUT2D eigenvalue weighted by Crippen LogP contribution is 2.33. The molecule has 1 saturated heterocycles. The van der Waals surface area contributed by atoms with Gasteiger partial charge in [0, 0.05) is 45.6 Å². The second kappa shape index (κ2) is 7.13. The number of hydrogen-bond donors (Lipinski definition) is 0. The fourth-order valence-electron chi connectivity index (χ4n) is 4.57. The van der Waals surface area contributed by atoms with Gasteiger partial charge in [0.05, 0.1) is 11.1 Å². The summed E-state index contributed by atoms with van der Waals surface area (Å²) in [6.45, 7) is 3.12. The van der Waals surface area contributed by atoms with Crippen LogP contribution in [0.4, 0.5) is 11.6 Å². The molecule has 2 aromatic rings. The Hall–Kier alpha value is -2.96. The molecule has 5 heterocycles. The van der Waals surface area contributed by atoms with Crippen LogP contribution < -0.4 is 4.90 Å². The molecule has 0 aliphatic carbocycles. The number of carbonyl (C=O) groups is 2. The van der Waals surface area contributed by atoms with Crippen LogP contribution in [0.5, 0.6) is 0 Å². The molecule has 0 aromatic carbocycles. The van der Waals surface area contributed by atoms with E-state index >= 15 is 0 Å². The molecule has 0 saturated carbocycles. The van der Waals surface area contributed by atoms with Gasteiger partial charge in [0.15, 0.2) is 0 Å². The van der Waals surface area contributed by atoms with Crippen LogP contribution in [0.25, 0.3) is 0 Å². The fraction of sp³-hybridized carbons (Fsp3) is 0.455. The third-order valence-corrected chi connectivity index (χ3v) is 6.15. The maximum absolute atomic E-state index is 12.8. The number of amides is 2. The molecular weight excluding hydrogens is 366 g/mol.